The second-order valence-electron chi connectivity index (χ2n) is 7.31. The van der Waals surface area contributed by atoms with Crippen molar-refractivity contribution in [1.82, 2.24) is 20.2 Å². The Balaban J connectivity index is 1.35. The highest BCUT2D eigenvalue weighted by Gasteiger charge is 2.40. The van der Waals surface area contributed by atoms with Crippen molar-refractivity contribution in [3.05, 3.63) is 47.3 Å². The van der Waals surface area contributed by atoms with Crippen molar-refractivity contribution in [2.45, 2.75) is 37.5 Å². The van der Waals surface area contributed by atoms with Gasteiger partial charge in [-0.2, -0.15) is 0 Å². The van der Waals surface area contributed by atoms with Gasteiger partial charge in [0.25, 0.3) is 5.91 Å². The Morgan fingerprint density at radius 3 is 2.54 bits per heavy atom. The van der Waals surface area contributed by atoms with E-state index in [0.717, 1.165) is 17.1 Å². The highest BCUT2D eigenvalue weighted by Crippen LogP contribution is 2.31. The van der Waals surface area contributed by atoms with E-state index in [0.29, 0.717) is 42.4 Å². The number of anilines is 1. The monoisotopic (exact) mass is 397 g/mol. The Bertz CT molecular complexity index is 904. The summed E-state index contributed by atoms with van der Waals surface area (Å²) < 4.78 is 0. The summed E-state index contributed by atoms with van der Waals surface area (Å²) in [5.41, 5.74) is 2.85. The van der Waals surface area contributed by atoms with Gasteiger partial charge in [-0.25, -0.2) is 9.97 Å². The number of thioether (sulfide) groups is 1. The van der Waals surface area contributed by atoms with Gasteiger partial charge < -0.3 is 15.5 Å². The summed E-state index contributed by atoms with van der Waals surface area (Å²) in [5.74, 6) is 0.334. The van der Waals surface area contributed by atoms with E-state index in [4.69, 9.17) is 0 Å². The number of nitrogens with one attached hydrogen (secondary N) is 2. The summed E-state index contributed by atoms with van der Waals surface area (Å²) in [6.45, 7) is 5.05. The number of carbonyl (C=O) groups excluding carboxylic acids is 2. The van der Waals surface area contributed by atoms with Gasteiger partial charge in [0.1, 0.15) is 5.66 Å². The van der Waals surface area contributed by atoms with Crippen LogP contribution in [0.15, 0.2) is 35.5 Å². The lowest BCUT2D eigenvalue weighted by Crippen LogP contribution is -2.62. The highest BCUT2D eigenvalue weighted by atomic mass is 32.2. The third kappa shape index (κ3) is 3.82. The molecule has 2 aromatic rings. The number of fused-ring (bicyclic) bond motifs is 1. The molecule has 1 aromatic carbocycles. The Kier molecular flexibility index (Phi) is 4.97. The first-order valence-electron chi connectivity index (χ1n) is 9.37. The van der Waals surface area contributed by atoms with Gasteiger partial charge in [0.15, 0.2) is 5.16 Å². The molecule has 3 heterocycles. The van der Waals surface area contributed by atoms with Crippen LogP contribution in [0.1, 0.15) is 34.6 Å². The first-order valence-corrected chi connectivity index (χ1v) is 10.4. The summed E-state index contributed by atoms with van der Waals surface area (Å²) in [6, 6.07) is 9.43. The smallest absolute Gasteiger partial charge is 0.255 e. The number of aromatic nitrogens is 2. The van der Waals surface area contributed by atoms with Gasteiger partial charge in [-0.1, -0.05) is 23.9 Å². The molecule has 2 N–H and O–H groups in total. The van der Waals surface area contributed by atoms with Crippen molar-refractivity contribution in [3.63, 3.8) is 0 Å². The molecule has 1 fully saturated rings. The van der Waals surface area contributed by atoms with Gasteiger partial charge in [0, 0.05) is 43.0 Å². The molecule has 146 valence electrons. The van der Waals surface area contributed by atoms with Crippen LogP contribution in [0.2, 0.25) is 0 Å². The maximum Gasteiger partial charge on any atom is 0.255 e. The third-order valence-corrected chi connectivity index (χ3v) is 5.99. The highest BCUT2D eigenvalue weighted by molar-refractivity contribution is 7.99. The normalized spacial score (nSPS) is 17.6. The predicted molar refractivity (Wildman–Crippen MR) is 108 cm³/mol. The molecule has 1 aromatic heterocycles. The van der Waals surface area contributed by atoms with Crippen molar-refractivity contribution in [3.8, 4) is 0 Å². The minimum atomic E-state index is -0.480. The van der Waals surface area contributed by atoms with Crippen LogP contribution in [-0.4, -0.2) is 51.2 Å². The van der Waals surface area contributed by atoms with Gasteiger partial charge in [-0.05, 0) is 32.0 Å². The molecule has 2 aliphatic rings. The fraction of sp³-hybridized carbons (Fsp3) is 0.400. The van der Waals surface area contributed by atoms with Crippen molar-refractivity contribution in [1.29, 1.82) is 0 Å². The fourth-order valence-corrected chi connectivity index (χ4v) is 4.58. The molecule has 4 rings (SSSR count). The van der Waals surface area contributed by atoms with Crippen LogP contribution in [-0.2, 0) is 4.79 Å². The number of benzene rings is 1. The number of aryl methyl sites for hydroxylation is 2. The zero-order valence-electron chi connectivity index (χ0n) is 16.0. The molecule has 1 spiro atoms. The third-order valence-electron chi connectivity index (χ3n) is 5.15. The summed E-state index contributed by atoms with van der Waals surface area (Å²) in [4.78, 5) is 35.7. The van der Waals surface area contributed by atoms with E-state index in [1.165, 1.54) is 11.8 Å². The van der Waals surface area contributed by atoms with Gasteiger partial charge in [0.05, 0.1) is 11.3 Å². The van der Waals surface area contributed by atoms with E-state index >= 15 is 0 Å². The van der Waals surface area contributed by atoms with Crippen LogP contribution < -0.4 is 10.6 Å². The van der Waals surface area contributed by atoms with Gasteiger partial charge in [-0.15, -0.1) is 0 Å². The molecule has 28 heavy (non-hydrogen) atoms. The number of carbonyl (C=O) groups is 2. The van der Waals surface area contributed by atoms with Crippen LogP contribution in [0.4, 0.5) is 5.69 Å². The van der Waals surface area contributed by atoms with Crippen molar-refractivity contribution < 1.29 is 9.59 Å². The van der Waals surface area contributed by atoms with E-state index in [9.17, 15) is 9.59 Å². The Labute approximate surface area is 168 Å². The molecule has 0 aliphatic carbocycles. The Morgan fingerprint density at radius 2 is 1.82 bits per heavy atom. The first-order chi connectivity index (χ1) is 13.4. The molecule has 7 nitrogen and oxygen atoms in total. The number of hydrogen-bond acceptors (Lipinski definition) is 6. The summed E-state index contributed by atoms with van der Waals surface area (Å²) in [6.07, 6.45) is 1.34. The van der Waals surface area contributed by atoms with Crippen LogP contribution in [0.25, 0.3) is 0 Å². The minimum absolute atomic E-state index is 0.0587. The number of hydrogen-bond donors (Lipinski definition) is 2. The predicted octanol–water partition coefficient (Wildman–Crippen LogP) is 2.36. The number of rotatable bonds is 3. The second-order valence-corrected chi connectivity index (χ2v) is 8.25. The van der Waals surface area contributed by atoms with Gasteiger partial charge in [0.2, 0.25) is 5.91 Å². The van der Waals surface area contributed by atoms with E-state index in [2.05, 4.69) is 20.6 Å². The van der Waals surface area contributed by atoms with Crippen molar-refractivity contribution in [2.75, 3.05) is 24.2 Å². The maximum absolute atomic E-state index is 12.6. The molecule has 2 aliphatic heterocycles. The zero-order valence-corrected chi connectivity index (χ0v) is 16.8. The lowest BCUT2D eigenvalue weighted by atomic mass is 9.92. The van der Waals surface area contributed by atoms with Crippen LogP contribution in [0, 0.1) is 13.8 Å². The fourth-order valence-electron chi connectivity index (χ4n) is 3.73. The minimum Gasteiger partial charge on any atom is -0.362 e. The molecule has 0 unspecified atom stereocenters. The molecule has 0 saturated carbocycles. The van der Waals surface area contributed by atoms with Crippen LogP contribution in [0.5, 0.6) is 0 Å². The van der Waals surface area contributed by atoms with Crippen molar-refractivity contribution in [2.24, 2.45) is 0 Å². The van der Waals surface area contributed by atoms with Gasteiger partial charge >= 0.3 is 0 Å². The largest absolute Gasteiger partial charge is 0.362 e. The number of nitrogens with zero attached hydrogens (tertiary/aromatic N) is 3. The molecular weight excluding hydrogens is 374 g/mol. The number of likely N-dealkylation sites (tertiary alicyclic amines) is 1. The first kappa shape index (κ1) is 18.7. The Morgan fingerprint density at radius 1 is 1.14 bits per heavy atom. The lowest BCUT2D eigenvalue weighted by Gasteiger charge is -2.45. The lowest BCUT2D eigenvalue weighted by molar-refractivity contribution is -0.129. The number of piperidine rings is 1. The summed E-state index contributed by atoms with van der Waals surface area (Å²) >= 11 is 1.37. The summed E-state index contributed by atoms with van der Waals surface area (Å²) in [5, 5.41) is 7.22. The van der Waals surface area contributed by atoms with Gasteiger partial charge in [-0.3, -0.25) is 9.59 Å². The Hall–Kier alpha value is -2.61. The topological polar surface area (TPSA) is 87.2 Å². The molecule has 2 amide bonds. The molecule has 0 radical (unpaired) electrons. The molecule has 8 heteroatoms. The average Bonchev–Trinajstić information content (AvgIpc) is 2.66. The quantitative estimate of drug-likeness (QED) is 0.611. The number of amides is 2. The van der Waals surface area contributed by atoms with Crippen LogP contribution >= 0.6 is 11.8 Å². The second kappa shape index (κ2) is 7.43. The summed E-state index contributed by atoms with van der Waals surface area (Å²) in [7, 11) is 0. The van der Waals surface area contributed by atoms with Crippen molar-refractivity contribution >= 4 is 29.3 Å². The molecule has 1 saturated heterocycles. The molecule has 0 atom stereocenters. The molecular formula is C20H23N5O2S. The zero-order chi connectivity index (χ0) is 19.7. The number of para-hydroxylation sites is 1. The van der Waals surface area contributed by atoms with E-state index < -0.39 is 5.66 Å². The maximum atomic E-state index is 12.6. The van der Waals surface area contributed by atoms with E-state index in [1.54, 1.807) is 0 Å². The standard InChI is InChI=1S/C20H23N5O2S/c1-13-11-14(2)22-19(21-13)28-12-17(26)25-9-7-20(8-10-25)23-16-6-4-3-5-15(16)18(27)24-20/h3-6,11,23H,7-10,12H2,1-2H3,(H,24,27). The SMILES string of the molecule is Cc1cc(C)nc(SCC(=O)N2CCC3(CC2)NC(=O)c2ccccc2N3)n1. The van der Waals surface area contributed by atoms with E-state index in [1.807, 2.05) is 49.1 Å². The van der Waals surface area contributed by atoms with E-state index in [-0.39, 0.29) is 11.8 Å². The molecule has 0 bridgehead atoms. The average molecular weight is 398 g/mol. The van der Waals surface area contributed by atoms with Crippen LogP contribution in [0.3, 0.4) is 0 Å².